The minimum absolute atomic E-state index is 0.929. The Bertz CT molecular complexity index is 653. The fraction of sp³-hybridized carbons (Fsp3) is 0.250. The van der Waals surface area contributed by atoms with E-state index in [-0.39, 0.29) is 0 Å². The molecule has 0 aliphatic carbocycles. The van der Waals surface area contributed by atoms with Gasteiger partial charge in [0.05, 0.1) is 0 Å². The van der Waals surface area contributed by atoms with Crippen LogP contribution >= 0.6 is 0 Å². The van der Waals surface area contributed by atoms with Crippen molar-refractivity contribution in [3.63, 3.8) is 0 Å². The zero-order chi connectivity index (χ0) is 16.7. The summed E-state index contributed by atoms with van der Waals surface area (Å²) in [6, 6.07) is 0. The predicted octanol–water partition coefficient (Wildman–Crippen LogP) is 4.88. The number of rotatable bonds is 7. The number of hydrogen-bond acceptors (Lipinski definition) is 2. The summed E-state index contributed by atoms with van der Waals surface area (Å²) in [7, 11) is 0. The number of aromatic nitrogens is 1. The van der Waals surface area contributed by atoms with Crippen molar-refractivity contribution in [3.05, 3.63) is 66.8 Å². The van der Waals surface area contributed by atoms with Gasteiger partial charge in [0, 0.05) is 53.7 Å². The largest absolute Gasteiger partial charge is 0.371 e. The van der Waals surface area contributed by atoms with Crippen LogP contribution in [0, 0.1) is 0 Å². The molecule has 0 amide bonds. The highest BCUT2D eigenvalue weighted by molar-refractivity contribution is 5.92. The molecule has 1 fully saturated rings. The number of likely N-dealkylation sites (tertiary alicyclic amines) is 1. The number of nitrogens with zero attached hydrogens (tertiary/aromatic N) is 2. The first-order valence-corrected chi connectivity index (χ1v) is 7.99. The maximum absolute atomic E-state index is 4.13. The molecule has 0 aromatic carbocycles. The van der Waals surface area contributed by atoms with E-state index in [0.717, 1.165) is 41.3 Å². The number of allylic oxidation sites excluding steroid dienone is 1. The fourth-order valence-corrected chi connectivity index (χ4v) is 2.91. The Hall–Kier alpha value is -2.55. The molecular formula is C20H25N3. The summed E-state index contributed by atoms with van der Waals surface area (Å²) in [6.45, 7) is 17.6. The number of nitrogens with one attached hydrogen (secondary N) is 1. The van der Waals surface area contributed by atoms with E-state index in [0.29, 0.717) is 0 Å². The van der Waals surface area contributed by atoms with E-state index in [1.165, 1.54) is 25.5 Å². The molecule has 3 nitrogen and oxygen atoms in total. The van der Waals surface area contributed by atoms with Crippen LogP contribution in [-0.2, 0) is 0 Å². The van der Waals surface area contributed by atoms with Crippen molar-refractivity contribution in [1.82, 2.24) is 9.88 Å². The lowest BCUT2D eigenvalue weighted by Crippen LogP contribution is -2.28. The third kappa shape index (κ3) is 3.81. The molecule has 0 spiro atoms. The Morgan fingerprint density at radius 1 is 0.957 bits per heavy atom. The number of aliphatic imine (C=N–C) groups is 1. The van der Waals surface area contributed by atoms with Crippen molar-refractivity contribution < 1.29 is 0 Å². The van der Waals surface area contributed by atoms with Crippen LogP contribution in [0.5, 0.6) is 0 Å². The topological polar surface area (TPSA) is 31.4 Å². The Balaban J connectivity index is 2.46. The number of H-pyrrole nitrogens is 1. The second kappa shape index (κ2) is 8.18. The maximum Gasteiger partial charge on any atom is 0.0486 e. The summed E-state index contributed by atoms with van der Waals surface area (Å²) in [5.74, 6) is 0. The molecule has 2 rings (SSSR count). The number of hydrogen-bond donors (Lipinski definition) is 1. The molecule has 0 radical (unpaired) electrons. The van der Waals surface area contributed by atoms with Gasteiger partial charge in [-0.3, -0.25) is 4.99 Å². The molecule has 1 saturated heterocycles. The average molecular weight is 307 g/mol. The molecule has 0 saturated carbocycles. The third-order valence-electron chi connectivity index (χ3n) is 4.08. The standard InChI is InChI=1S/C20H25N3/c1-5-16(23-12-10-9-11-13-23)14-20-17(6-2)18(15-21-8-4)19(7-3)22-20/h5-8,14-15,22H,1-4,9-13H2/b16-14+,21-15-. The van der Waals surface area contributed by atoms with E-state index in [1.54, 1.807) is 12.3 Å². The van der Waals surface area contributed by atoms with Crippen LogP contribution in [0.4, 0.5) is 0 Å². The molecule has 1 N–H and O–H groups in total. The Kier molecular flexibility index (Phi) is 5.98. The quantitative estimate of drug-likeness (QED) is 0.565. The van der Waals surface area contributed by atoms with Gasteiger partial charge in [0.2, 0.25) is 0 Å². The van der Waals surface area contributed by atoms with E-state index in [9.17, 15) is 0 Å². The molecule has 1 aliphatic rings. The zero-order valence-corrected chi connectivity index (χ0v) is 13.7. The van der Waals surface area contributed by atoms with E-state index in [1.807, 2.05) is 12.2 Å². The van der Waals surface area contributed by atoms with Gasteiger partial charge in [-0.25, -0.2) is 0 Å². The molecule has 0 unspecified atom stereocenters. The van der Waals surface area contributed by atoms with Crippen molar-refractivity contribution in [2.75, 3.05) is 13.1 Å². The third-order valence-corrected chi connectivity index (χ3v) is 4.08. The van der Waals surface area contributed by atoms with E-state index >= 15 is 0 Å². The van der Waals surface area contributed by atoms with Crippen LogP contribution in [0.3, 0.4) is 0 Å². The normalized spacial score (nSPS) is 15.7. The van der Waals surface area contributed by atoms with Crippen LogP contribution in [0.1, 0.15) is 41.8 Å². The zero-order valence-electron chi connectivity index (χ0n) is 13.7. The van der Waals surface area contributed by atoms with Gasteiger partial charge in [-0.1, -0.05) is 32.4 Å². The smallest absolute Gasteiger partial charge is 0.0486 e. The van der Waals surface area contributed by atoms with Crippen LogP contribution in [0.15, 0.2) is 49.3 Å². The minimum Gasteiger partial charge on any atom is -0.371 e. The van der Waals surface area contributed by atoms with Crippen molar-refractivity contribution in [1.29, 1.82) is 0 Å². The fourth-order valence-electron chi connectivity index (χ4n) is 2.91. The van der Waals surface area contributed by atoms with Crippen LogP contribution in [-0.4, -0.2) is 29.2 Å². The second-order valence-electron chi connectivity index (χ2n) is 5.47. The van der Waals surface area contributed by atoms with Gasteiger partial charge >= 0.3 is 0 Å². The van der Waals surface area contributed by atoms with Gasteiger partial charge in [0.15, 0.2) is 0 Å². The van der Waals surface area contributed by atoms with Gasteiger partial charge in [-0.05, 0) is 37.5 Å². The summed E-state index contributed by atoms with van der Waals surface area (Å²) < 4.78 is 0. The summed E-state index contributed by atoms with van der Waals surface area (Å²) in [5, 5.41) is 0. The first kappa shape index (κ1) is 16.8. The molecule has 1 aromatic heterocycles. The number of aromatic amines is 1. The number of piperidine rings is 1. The Morgan fingerprint density at radius 3 is 2.26 bits per heavy atom. The summed E-state index contributed by atoms with van der Waals surface area (Å²) in [5.41, 5.74) is 5.06. The average Bonchev–Trinajstić information content (AvgIpc) is 2.94. The van der Waals surface area contributed by atoms with E-state index < -0.39 is 0 Å². The monoisotopic (exact) mass is 307 g/mol. The van der Waals surface area contributed by atoms with Crippen molar-refractivity contribution in [2.24, 2.45) is 4.99 Å². The second-order valence-corrected chi connectivity index (χ2v) is 5.47. The van der Waals surface area contributed by atoms with Crippen molar-refractivity contribution in [3.8, 4) is 0 Å². The van der Waals surface area contributed by atoms with Gasteiger partial charge in [0.25, 0.3) is 0 Å². The highest BCUT2D eigenvalue weighted by Gasteiger charge is 2.14. The van der Waals surface area contributed by atoms with Crippen LogP contribution in [0.2, 0.25) is 0 Å². The van der Waals surface area contributed by atoms with Gasteiger partial charge in [-0.2, -0.15) is 0 Å². The molecule has 23 heavy (non-hydrogen) atoms. The molecule has 2 heterocycles. The summed E-state index contributed by atoms with van der Waals surface area (Å²) in [6.07, 6.45) is 14.8. The first-order valence-electron chi connectivity index (χ1n) is 7.99. The molecular weight excluding hydrogens is 282 g/mol. The summed E-state index contributed by atoms with van der Waals surface area (Å²) >= 11 is 0. The molecule has 3 heteroatoms. The van der Waals surface area contributed by atoms with Crippen molar-refractivity contribution in [2.45, 2.75) is 19.3 Å². The summed E-state index contributed by atoms with van der Waals surface area (Å²) in [4.78, 5) is 9.92. The maximum atomic E-state index is 4.13. The van der Waals surface area contributed by atoms with E-state index in [4.69, 9.17) is 0 Å². The Morgan fingerprint density at radius 2 is 1.70 bits per heavy atom. The van der Waals surface area contributed by atoms with Gasteiger partial charge in [-0.15, -0.1) is 0 Å². The molecule has 0 bridgehead atoms. The van der Waals surface area contributed by atoms with E-state index in [2.05, 4.69) is 47.3 Å². The minimum atomic E-state index is 0.929. The molecule has 1 aromatic rings. The Labute approximate surface area is 139 Å². The SMILES string of the molecule is C=C/N=C\c1c(C=C)[nH]c(/C=C(\C=C)N2CCCCC2)c1C=C. The predicted molar refractivity (Wildman–Crippen MR) is 102 cm³/mol. The molecule has 0 atom stereocenters. The van der Waals surface area contributed by atoms with Gasteiger partial charge in [0.1, 0.15) is 0 Å². The lowest BCUT2D eigenvalue weighted by atomic mass is 10.1. The first-order chi connectivity index (χ1) is 11.2. The highest BCUT2D eigenvalue weighted by atomic mass is 15.1. The van der Waals surface area contributed by atoms with Crippen molar-refractivity contribution >= 4 is 24.4 Å². The molecule has 1 aliphatic heterocycles. The molecule has 120 valence electrons. The lowest BCUT2D eigenvalue weighted by Gasteiger charge is -2.29. The lowest BCUT2D eigenvalue weighted by molar-refractivity contribution is 0.295. The van der Waals surface area contributed by atoms with Gasteiger partial charge < -0.3 is 9.88 Å². The van der Waals surface area contributed by atoms with Crippen LogP contribution in [0.25, 0.3) is 18.2 Å². The highest BCUT2D eigenvalue weighted by Crippen LogP contribution is 2.24. The van der Waals surface area contributed by atoms with Crippen LogP contribution < -0.4 is 0 Å².